The number of hydrogen-bond donors (Lipinski definition) is 1. The third kappa shape index (κ3) is 4.56. The number of nitrogens with zero attached hydrogens (tertiary/aromatic N) is 4. The van der Waals surface area contributed by atoms with Crippen molar-refractivity contribution in [3.8, 4) is 17.2 Å². The predicted octanol–water partition coefficient (Wildman–Crippen LogP) is 5.64. The molecular formula is C31H37N5O. The minimum absolute atomic E-state index is 0.258. The Balaban J connectivity index is 1.32. The van der Waals surface area contributed by atoms with Crippen molar-refractivity contribution in [2.45, 2.75) is 57.9 Å². The molecule has 2 aliphatic heterocycles. The van der Waals surface area contributed by atoms with Gasteiger partial charge in [0.25, 0.3) is 0 Å². The zero-order valence-corrected chi connectivity index (χ0v) is 22.3. The first kappa shape index (κ1) is 24.2. The molecule has 0 amide bonds. The lowest BCUT2D eigenvalue weighted by molar-refractivity contribution is 0.101. The molecule has 6 nitrogen and oxygen atoms in total. The number of piperidine rings is 1. The lowest BCUT2D eigenvalue weighted by Crippen LogP contribution is -2.59. The first-order valence-corrected chi connectivity index (χ1v) is 13.8. The van der Waals surface area contributed by atoms with Crippen molar-refractivity contribution in [3.05, 3.63) is 65.0 Å². The molecular weight excluding hydrogens is 458 g/mol. The molecule has 3 heterocycles. The Morgan fingerprint density at radius 2 is 1.81 bits per heavy atom. The zero-order chi connectivity index (χ0) is 25.6. The Kier molecular flexibility index (Phi) is 6.30. The van der Waals surface area contributed by atoms with E-state index in [9.17, 15) is 5.26 Å². The van der Waals surface area contributed by atoms with E-state index in [-0.39, 0.29) is 5.41 Å². The Labute approximate surface area is 220 Å². The highest BCUT2D eigenvalue weighted by Crippen LogP contribution is 2.48. The normalized spacial score (nSPS) is 19.8. The van der Waals surface area contributed by atoms with E-state index in [1.165, 1.54) is 42.9 Å². The highest BCUT2D eigenvalue weighted by atomic mass is 16.5. The van der Waals surface area contributed by atoms with Crippen LogP contribution in [0.3, 0.4) is 0 Å². The molecule has 1 saturated carbocycles. The lowest BCUT2D eigenvalue weighted by Gasteiger charge is -2.43. The monoisotopic (exact) mass is 495 g/mol. The quantitative estimate of drug-likeness (QED) is 0.457. The second-order valence-corrected chi connectivity index (χ2v) is 11.3. The number of aryl methyl sites for hydroxylation is 3. The fourth-order valence-corrected chi connectivity index (χ4v) is 6.13. The lowest BCUT2D eigenvalue weighted by atomic mass is 9.92. The molecule has 6 rings (SSSR count). The van der Waals surface area contributed by atoms with Gasteiger partial charge >= 0.3 is 0 Å². The maximum absolute atomic E-state index is 9.69. The third-order valence-electron chi connectivity index (χ3n) is 8.88. The third-order valence-corrected chi connectivity index (χ3v) is 8.88. The molecule has 0 bridgehead atoms. The van der Waals surface area contributed by atoms with Gasteiger partial charge in [0, 0.05) is 42.6 Å². The molecule has 3 fully saturated rings. The Hall–Kier alpha value is -3.14. The maximum atomic E-state index is 9.69. The first-order valence-electron chi connectivity index (χ1n) is 13.8. The van der Waals surface area contributed by atoms with Gasteiger partial charge in [-0.25, -0.2) is 0 Å². The molecule has 0 atom stereocenters. The van der Waals surface area contributed by atoms with Crippen LogP contribution in [0.2, 0.25) is 0 Å². The van der Waals surface area contributed by atoms with Crippen molar-refractivity contribution in [1.29, 1.82) is 5.26 Å². The van der Waals surface area contributed by atoms with Crippen molar-refractivity contribution in [2.75, 3.05) is 37.6 Å². The van der Waals surface area contributed by atoms with Crippen LogP contribution in [0.15, 0.2) is 47.0 Å². The number of likely N-dealkylation sites (tertiary alicyclic amines) is 1. The standard InChI is InChI=1S/C31H37N5O/c1-21-4-5-25(30-22(2)34-37-23(30)3)16-29(21)36(19-24-10-14-35(15-11-24)28-17-33-18-28)27-8-6-26(7-9-27)31(20-32)12-13-31/h4-9,16,24,28,33H,10-15,17-19H2,1-3H3. The van der Waals surface area contributed by atoms with Gasteiger partial charge in [0.1, 0.15) is 5.76 Å². The summed E-state index contributed by atoms with van der Waals surface area (Å²) in [4.78, 5) is 5.18. The van der Waals surface area contributed by atoms with Crippen LogP contribution in [-0.2, 0) is 5.41 Å². The average Bonchev–Trinajstić information content (AvgIpc) is 3.62. The summed E-state index contributed by atoms with van der Waals surface area (Å²) in [5.74, 6) is 1.49. The summed E-state index contributed by atoms with van der Waals surface area (Å²) < 4.78 is 5.49. The molecule has 0 radical (unpaired) electrons. The van der Waals surface area contributed by atoms with E-state index in [1.807, 2.05) is 13.8 Å². The van der Waals surface area contributed by atoms with Gasteiger partial charge < -0.3 is 14.7 Å². The smallest absolute Gasteiger partial charge is 0.141 e. The van der Waals surface area contributed by atoms with Gasteiger partial charge in [-0.15, -0.1) is 0 Å². The predicted molar refractivity (Wildman–Crippen MR) is 147 cm³/mol. The van der Waals surface area contributed by atoms with Crippen LogP contribution in [0, 0.1) is 38.0 Å². The Morgan fingerprint density at radius 3 is 2.38 bits per heavy atom. The summed E-state index contributed by atoms with van der Waals surface area (Å²) in [7, 11) is 0. The SMILES string of the molecule is Cc1ccc(-c2c(C)noc2C)cc1N(CC1CCN(C2CNC2)CC1)c1ccc(C2(C#N)CC2)cc1. The molecule has 1 aromatic heterocycles. The fourth-order valence-electron chi connectivity index (χ4n) is 6.13. The van der Waals surface area contributed by atoms with Crippen LogP contribution in [0.4, 0.5) is 11.4 Å². The highest BCUT2D eigenvalue weighted by molar-refractivity contribution is 5.76. The van der Waals surface area contributed by atoms with E-state index in [0.717, 1.165) is 66.7 Å². The molecule has 1 aliphatic carbocycles. The number of rotatable bonds is 7. The number of nitrogens with one attached hydrogen (secondary N) is 1. The minimum atomic E-state index is -0.258. The van der Waals surface area contributed by atoms with Crippen molar-refractivity contribution in [2.24, 2.45) is 5.92 Å². The first-order chi connectivity index (χ1) is 18.0. The molecule has 3 aromatic rings. The van der Waals surface area contributed by atoms with Crippen molar-refractivity contribution in [1.82, 2.24) is 15.4 Å². The van der Waals surface area contributed by atoms with E-state index in [0.29, 0.717) is 5.92 Å². The average molecular weight is 496 g/mol. The van der Waals surface area contributed by atoms with E-state index in [2.05, 4.69) is 75.7 Å². The number of aromatic nitrogens is 1. The molecule has 0 unspecified atom stereocenters. The van der Waals surface area contributed by atoms with Crippen molar-refractivity contribution >= 4 is 11.4 Å². The Morgan fingerprint density at radius 1 is 1.08 bits per heavy atom. The van der Waals surface area contributed by atoms with Gasteiger partial charge in [-0.3, -0.25) is 4.90 Å². The summed E-state index contributed by atoms with van der Waals surface area (Å²) in [5.41, 5.74) is 7.74. The van der Waals surface area contributed by atoms with Crippen molar-refractivity contribution < 1.29 is 4.52 Å². The highest BCUT2D eigenvalue weighted by Gasteiger charge is 2.44. The van der Waals surface area contributed by atoms with Crippen LogP contribution >= 0.6 is 0 Å². The number of benzene rings is 2. The van der Waals surface area contributed by atoms with Crippen LogP contribution in [-0.4, -0.2) is 48.8 Å². The van der Waals surface area contributed by atoms with Crippen molar-refractivity contribution in [3.63, 3.8) is 0 Å². The number of anilines is 2. The zero-order valence-electron chi connectivity index (χ0n) is 22.3. The molecule has 37 heavy (non-hydrogen) atoms. The fraction of sp³-hybridized carbons (Fsp3) is 0.484. The van der Waals surface area contributed by atoms with Crippen LogP contribution < -0.4 is 10.2 Å². The van der Waals surface area contributed by atoms with E-state index in [4.69, 9.17) is 4.52 Å². The second kappa shape index (κ2) is 9.63. The summed E-state index contributed by atoms with van der Waals surface area (Å²) in [5, 5.41) is 17.3. The van der Waals surface area contributed by atoms with Gasteiger partial charge in [-0.2, -0.15) is 5.26 Å². The van der Waals surface area contributed by atoms with Gasteiger partial charge in [0.15, 0.2) is 0 Å². The molecule has 3 aliphatic rings. The van der Waals surface area contributed by atoms with Crippen LogP contribution in [0.25, 0.3) is 11.1 Å². The summed E-state index contributed by atoms with van der Waals surface area (Å²) >= 11 is 0. The topological polar surface area (TPSA) is 68.3 Å². The second-order valence-electron chi connectivity index (χ2n) is 11.3. The number of hydrogen-bond acceptors (Lipinski definition) is 6. The Bertz CT molecular complexity index is 1280. The molecule has 2 saturated heterocycles. The molecule has 6 heteroatoms. The van der Waals surface area contributed by atoms with Crippen LogP contribution in [0.5, 0.6) is 0 Å². The molecule has 0 spiro atoms. The van der Waals surface area contributed by atoms with Crippen LogP contribution in [0.1, 0.15) is 48.3 Å². The van der Waals surface area contributed by atoms with Gasteiger partial charge in [-0.05, 0) is 100 Å². The van der Waals surface area contributed by atoms with E-state index in [1.54, 1.807) is 0 Å². The van der Waals surface area contributed by atoms with E-state index < -0.39 is 0 Å². The molecule has 1 N–H and O–H groups in total. The minimum Gasteiger partial charge on any atom is -0.361 e. The van der Waals surface area contributed by atoms with E-state index >= 15 is 0 Å². The molecule has 192 valence electrons. The maximum Gasteiger partial charge on any atom is 0.141 e. The van der Waals surface area contributed by atoms with Gasteiger partial charge in [-0.1, -0.05) is 29.4 Å². The largest absolute Gasteiger partial charge is 0.361 e. The summed E-state index contributed by atoms with van der Waals surface area (Å²) in [6.07, 6.45) is 4.40. The molecule has 2 aromatic carbocycles. The van der Waals surface area contributed by atoms with Gasteiger partial charge in [0.05, 0.1) is 17.2 Å². The van der Waals surface area contributed by atoms with Gasteiger partial charge in [0.2, 0.25) is 0 Å². The number of nitriles is 1. The summed E-state index contributed by atoms with van der Waals surface area (Å²) in [6.45, 7) is 11.8. The summed E-state index contributed by atoms with van der Waals surface area (Å²) in [6, 6.07) is 18.8.